The molecule has 6 heteroatoms. The van der Waals surface area contributed by atoms with E-state index in [2.05, 4.69) is 5.32 Å². The lowest BCUT2D eigenvalue weighted by Gasteiger charge is -2.36. The maximum absolute atomic E-state index is 12.9. The monoisotopic (exact) mass is 324 g/mol. The third kappa shape index (κ3) is 3.38. The topological polar surface area (TPSA) is 52.6 Å². The van der Waals surface area contributed by atoms with Crippen LogP contribution in [0.25, 0.3) is 0 Å². The molecule has 2 N–H and O–H groups in total. The molecule has 0 radical (unpaired) electrons. The van der Waals surface area contributed by atoms with Crippen LogP contribution in [0.5, 0.6) is 0 Å². The van der Waals surface area contributed by atoms with E-state index >= 15 is 0 Å². The SMILES string of the molecule is O=C(N1CCC(Nc2ccc(F)cc2)CC1)C1(O)CCSC1. The Kier molecular flexibility index (Phi) is 4.59. The predicted molar refractivity (Wildman–Crippen MR) is 86.5 cm³/mol. The molecule has 2 saturated heterocycles. The van der Waals surface area contributed by atoms with E-state index in [1.807, 2.05) is 0 Å². The van der Waals surface area contributed by atoms with Gasteiger partial charge in [-0.3, -0.25) is 4.79 Å². The Morgan fingerprint density at radius 1 is 1.32 bits per heavy atom. The zero-order valence-corrected chi connectivity index (χ0v) is 13.2. The number of aliphatic hydroxyl groups is 1. The molecule has 1 amide bonds. The van der Waals surface area contributed by atoms with Gasteiger partial charge in [0.05, 0.1) is 0 Å². The smallest absolute Gasteiger partial charge is 0.255 e. The summed E-state index contributed by atoms with van der Waals surface area (Å²) in [6.07, 6.45) is 2.24. The van der Waals surface area contributed by atoms with Gasteiger partial charge < -0.3 is 15.3 Å². The fourth-order valence-corrected chi connectivity index (χ4v) is 4.26. The summed E-state index contributed by atoms with van der Waals surface area (Å²) in [4.78, 5) is 14.2. The van der Waals surface area contributed by atoms with Crippen LogP contribution < -0.4 is 5.32 Å². The highest BCUT2D eigenvalue weighted by molar-refractivity contribution is 7.99. The third-order valence-corrected chi connectivity index (χ3v) is 5.57. The maximum Gasteiger partial charge on any atom is 0.255 e. The zero-order chi connectivity index (χ0) is 15.6. The molecule has 0 bridgehead atoms. The molecule has 2 aliphatic heterocycles. The van der Waals surface area contributed by atoms with E-state index in [-0.39, 0.29) is 17.8 Å². The summed E-state index contributed by atoms with van der Waals surface area (Å²) in [5, 5.41) is 13.8. The molecular formula is C16H21FN2O2S. The molecule has 2 aliphatic rings. The number of hydrogen-bond donors (Lipinski definition) is 2. The van der Waals surface area contributed by atoms with Crippen LogP contribution in [0, 0.1) is 5.82 Å². The number of halogens is 1. The number of amides is 1. The highest BCUT2D eigenvalue weighted by Crippen LogP contribution is 2.30. The van der Waals surface area contributed by atoms with Crippen LogP contribution in [0.1, 0.15) is 19.3 Å². The molecule has 0 saturated carbocycles. The average Bonchev–Trinajstić information content (AvgIpc) is 2.98. The molecule has 1 aromatic carbocycles. The van der Waals surface area contributed by atoms with Gasteiger partial charge in [-0.1, -0.05) is 0 Å². The van der Waals surface area contributed by atoms with Crippen LogP contribution in [0.15, 0.2) is 24.3 Å². The molecule has 0 spiro atoms. The van der Waals surface area contributed by atoms with Crippen molar-refractivity contribution in [2.24, 2.45) is 0 Å². The van der Waals surface area contributed by atoms with Gasteiger partial charge in [-0.2, -0.15) is 11.8 Å². The van der Waals surface area contributed by atoms with E-state index < -0.39 is 5.60 Å². The second kappa shape index (κ2) is 6.46. The minimum absolute atomic E-state index is 0.113. The van der Waals surface area contributed by atoms with Crippen LogP contribution in [0.4, 0.5) is 10.1 Å². The van der Waals surface area contributed by atoms with Gasteiger partial charge in [0.1, 0.15) is 5.82 Å². The van der Waals surface area contributed by atoms with Crippen molar-refractivity contribution in [3.63, 3.8) is 0 Å². The molecule has 4 nitrogen and oxygen atoms in total. The lowest BCUT2D eigenvalue weighted by Crippen LogP contribution is -2.52. The predicted octanol–water partition coefficient (Wildman–Crippen LogP) is 2.10. The number of piperidine rings is 1. The fraction of sp³-hybridized carbons (Fsp3) is 0.562. The normalized spacial score (nSPS) is 26.2. The number of hydrogen-bond acceptors (Lipinski definition) is 4. The maximum atomic E-state index is 12.9. The van der Waals surface area contributed by atoms with Crippen LogP contribution in [0.3, 0.4) is 0 Å². The van der Waals surface area contributed by atoms with E-state index in [1.165, 1.54) is 12.1 Å². The molecule has 1 atom stereocenters. The Balaban J connectivity index is 1.52. The first-order chi connectivity index (χ1) is 10.6. The van der Waals surface area contributed by atoms with Gasteiger partial charge in [-0.15, -0.1) is 0 Å². The van der Waals surface area contributed by atoms with Crippen LogP contribution in [-0.2, 0) is 4.79 Å². The largest absolute Gasteiger partial charge is 0.382 e. The number of benzene rings is 1. The van der Waals surface area contributed by atoms with Gasteiger partial charge in [0.2, 0.25) is 0 Å². The van der Waals surface area contributed by atoms with Crippen molar-refractivity contribution >= 4 is 23.4 Å². The lowest BCUT2D eigenvalue weighted by molar-refractivity contribution is -0.149. The molecular weight excluding hydrogens is 303 g/mol. The highest BCUT2D eigenvalue weighted by Gasteiger charge is 2.42. The summed E-state index contributed by atoms with van der Waals surface area (Å²) in [6.45, 7) is 1.31. The zero-order valence-electron chi connectivity index (χ0n) is 12.4. The first-order valence-electron chi connectivity index (χ1n) is 7.68. The van der Waals surface area contributed by atoms with Crippen LogP contribution >= 0.6 is 11.8 Å². The standard InChI is InChI=1S/C16H21FN2O2S/c17-12-1-3-13(4-2-12)18-14-5-8-19(9-6-14)15(20)16(21)7-10-22-11-16/h1-4,14,18,21H,5-11H2. The van der Waals surface area contributed by atoms with Gasteiger partial charge in [0, 0.05) is 30.6 Å². The molecule has 2 heterocycles. The summed E-state index contributed by atoms with van der Waals surface area (Å²) >= 11 is 1.64. The molecule has 0 aromatic heterocycles. The summed E-state index contributed by atoms with van der Waals surface area (Å²) in [5.74, 6) is 1.01. The number of likely N-dealkylation sites (tertiary alicyclic amines) is 1. The van der Waals surface area contributed by atoms with E-state index in [1.54, 1.807) is 28.8 Å². The van der Waals surface area contributed by atoms with E-state index in [4.69, 9.17) is 0 Å². The van der Waals surface area contributed by atoms with E-state index in [0.717, 1.165) is 24.3 Å². The summed E-state index contributed by atoms with van der Waals surface area (Å²) < 4.78 is 12.9. The molecule has 1 aromatic rings. The summed E-state index contributed by atoms with van der Waals surface area (Å²) in [6, 6.07) is 6.61. The quantitative estimate of drug-likeness (QED) is 0.894. The second-order valence-corrected chi connectivity index (χ2v) is 7.16. The van der Waals surface area contributed by atoms with Crippen molar-refractivity contribution in [2.45, 2.75) is 30.9 Å². The first-order valence-corrected chi connectivity index (χ1v) is 8.84. The Bertz CT molecular complexity index is 523. The van der Waals surface area contributed by atoms with Crippen LogP contribution in [-0.4, -0.2) is 52.2 Å². The number of rotatable bonds is 3. The van der Waals surface area contributed by atoms with Crippen molar-refractivity contribution < 1.29 is 14.3 Å². The van der Waals surface area contributed by atoms with Gasteiger partial charge >= 0.3 is 0 Å². The number of thioether (sulfide) groups is 1. The molecule has 22 heavy (non-hydrogen) atoms. The Morgan fingerprint density at radius 3 is 2.59 bits per heavy atom. The summed E-state index contributed by atoms with van der Waals surface area (Å²) in [7, 11) is 0. The minimum Gasteiger partial charge on any atom is -0.382 e. The highest BCUT2D eigenvalue weighted by atomic mass is 32.2. The van der Waals surface area contributed by atoms with Crippen molar-refractivity contribution in [1.82, 2.24) is 4.90 Å². The fourth-order valence-electron chi connectivity index (χ4n) is 3.03. The van der Waals surface area contributed by atoms with E-state index in [9.17, 15) is 14.3 Å². The second-order valence-electron chi connectivity index (χ2n) is 6.05. The number of nitrogens with one attached hydrogen (secondary N) is 1. The lowest BCUT2D eigenvalue weighted by atomic mass is 9.98. The number of anilines is 1. The van der Waals surface area contributed by atoms with Crippen LogP contribution in [0.2, 0.25) is 0 Å². The Hall–Kier alpha value is -1.27. The minimum atomic E-state index is -1.15. The Morgan fingerprint density at radius 2 is 2.00 bits per heavy atom. The average molecular weight is 324 g/mol. The molecule has 1 unspecified atom stereocenters. The van der Waals surface area contributed by atoms with Gasteiger partial charge in [-0.25, -0.2) is 4.39 Å². The number of nitrogens with zero attached hydrogens (tertiary/aromatic N) is 1. The van der Waals surface area contributed by atoms with Crippen molar-refractivity contribution in [3.05, 3.63) is 30.1 Å². The van der Waals surface area contributed by atoms with Crippen molar-refractivity contribution in [2.75, 3.05) is 29.9 Å². The third-order valence-electron chi connectivity index (χ3n) is 4.40. The Labute approximate surface area is 134 Å². The van der Waals surface area contributed by atoms with Crippen molar-refractivity contribution in [3.8, 4) is 0 Å². The summed E-state index contributed by atoms with van der Waals surface area (Å²) in [5.41, 5.74) is -0.251. The molecule has 120 valence electrons. The van der Waals surface area contributed by atoms with Crippen molar-refractivity contribution in [1.29, 1.82) is 0 Å². The number of carbonyl (C=O) groups is 1. The first kappa shape index (κ1) is 15.6. The van der Waals surface area contributed by atoms with Gasteiger partial charge in [0.25, 0.3) is 5.91 Å². The molecule has 3 rings (SSSR count). The molecule has 0 aliphatic carbocycles. The molecule has 2 fully saturated rings. The van der Waals surface area contributed by atoms with E-state index in [0.29, 0.717) is 25.3 Å². The number of carbonyl (C=O) groups excluding carboxylic acids is 1. The van der Waals surface area contributed by atoms with Gasteiger partial charge in [0.15, 0.2) is 5.60 Å². The van der Waals surface area contributed by atoms with Gasteiger partial charge in [-0.05, 0) is 49.3 Å².